The van der Waals surface area contributed by atoms with Gasteiger partial charge in [-0.15, -0.1) is 0 Å². The summed E-state index contributed by atoms with van der Waals surface area (Å²) < 4.78 is 11.2. The van der Waals surface area contributed by atoms with Crippen LogP contribution in [-0.2, 0) is 10.8 Å². The molecule has 110 valence electrons. The molecular weight excluding hydrogens is 304 g/mol. The number of hydrogen-bond donors (Lipinski definition) is 3. The van der Waals surface area contributed by atoms with E-state index in [1.807, 2.05) is 0 Å². The predicted molar refractivity (Wildman–Crippen MR) is 79.0 cm³/mol. The van der Waals surface area contributed by atoms with E-state index in [-0.39, 0.29) is 22.8 Å². The molecular formula is C12H15ClN2O4S. The van der Waals surface area contributed by atoms with Crippen molar-refractivity contribution in [3.63, 3.8) is 0 Å². The molecule has 0 bridgehead atoms. The molecule has 1 aromatic rings. The lowest BCUT2D eigenvalue weighted by atomic mass is 10.2. The average molecular weight is 319 g/mol. The minimum atomic E-state index is -1.11. The van der Waals surface area contributed by atoms with Gasteiger partial charge in [-0.25, -0.2) is 9.59 Å². The highest BCUT2D eigenvalue weighted by atomic mass is 35.5. The monoisotopic (exact) mass is 318 g/mol. The molecule has 0 saturated carbocycles. The molecule has 0 heterocycles. The topological polar surface area (TPSA) is 95.5 Å². The molecule has 0 aliphatic heterocycles. The van der Waals surface area contributed by atoms with Gasteiger partial charge in [-0.05, 0) is 18.2 Å². The molecule has 8 heteroatoms. The first-order chi connectivity index (χ1) is 9.43. The van der Waals surface area contributed by atoms with Gasteiger partial charge in [0.2, 0.25) is 0 Å². The zero-order valence-corrected chi connectivity index (χ0v) is 12.4. The van der Waals surface area contributed by atoms with Crippen LogP contribution in [0.3, 0.4) is 0 Å². The quantitative estimate of drug-likeness (QED) is 0.746. The van der Waals surface area contributed by atoms with Crippen LogP contribution < -0.4 is 10.6 Å². The van der Waals surface area contributed by atoms with Gasteiger partial charge in [0, 0.05) is 28.9 Å². The van der Waals surface area contributed by atoms with Gasteiger partial charge in [0.15, 0.2) is 0 Å². The molecule has 20 heavy (non-hydrogen) atoms. The first-order valence-corrected chi connectivity index (χ1v) is 7.73. The van der Waals surface area contributed by atoms with E-state index in [9.17, 15) is 13.8 Å². The largest absolute Gasteiger partial charge is 0.478 e. The first-order valence-electron chi connectivity index (χ1n) is 5.86. The standard InChI is InChI=1S/C12H15ClN2O4S/c1-2-20(19)6-5-14-12(18)15-10-7-8(11(16)17)3-4-9(10)13/h3-4,7H,2,5-6H2,1H3,(H,16,17)(H2,14,15,18). The van der Waals surface area contributed by atoms with E-state index in [1.165, 1.54) is 18.2 Å². The van der Waals surface area contributed by atoms with Gasteiger partial charge in [-0.1, -0.05) is 18.5 Å². The lowest BCUT2D eigenvalue weighted by molar-refractivity contribution is 0.0697. The van der Waals surface area contributed by atoms with Crippen LogP contribution in [0.25, 0.3) is 0 Å². The van der Waals surface area contributed by atoms with Crippen molar-refractivity contribution in [1.82, 2.24) is 5.32 Å². The SMILES string of the molecule is CCS(=O)CCNC(=O)Nc1cc(C(=O)O)ccc1Cl. The van der Waals surface area contributed by atoms with Crippen LogP contribution in [0.5, 0.6) is 0 Å². The summed E-state index contributed by atoms with van der Waals surface area (Å²) in [6.45, 7) is 2.07. The molecule has 0 aliphatic carbocycles. The Balaban J connectivity index is 2.59. The highest BCUT2D eigenvalue weighted by Crippen LogP contribution is 2.22. The van der Waals surface area contributed by atoms with Gasteiger partial charge in [0.25, 0.3) is 0 Å². The average Bonchev–Trinajstić information content (AvgIpc) is 2.40. The molecule has 1 atom stereocenters. The highest BCUT2D eigenvalue weighted by molar-refractivity contribution is 7.84. The van der Waals surface area contributed by atoms with Crippen molar-refractivity contribution < 1.29 is 18.9 Å². The summed E-state index contributed by atoms with van der Waals surface area (Å²) >= 11 is 5.87. The smallest absolute Gasteiger partial charge is 0.335 e. The van der Waals surface area contributed by atoms with Gasteiger partial charge < -0.3 is 15.7 Å². The van der Waals surface area contributed by atoms with Crippen LogP contribution in [-0.4, -0.2) is 39.4 Å². The van der Waals surface area contributed by atoms with Crippen molar-refractivity contribution in [3.05, 3.63) is 28.8 Å². The van der Waals surface area contributed by atoms with Gasteiger partial charge in [0.05, 0.1) is 16.3 Å². The van der Waals surface area contributed by atoms with E-state index < -0.39 is 22.8 Å². The van der Waals surface area contributed by atoms with Crippen molar-refractivity contribution in [2.75, 3.05) is 23.4 Å². The normalized spacial score (nSPS) is 11.7. The summed E-state index contributed by atoms with van der Waals surface area (Å²) in [5.74, 6) is -0.203. The zero-order chi connectivity index (χ0) is 15.1. The summed E-state index contributed by atoms with van der Waals surface area (Å²) in [7, 11) is -0.950. The molecule has 0 saturated heterocycles. The molecule has 0 spiro atoms. The van der Waals surface area contributed by atoms with Gasteiger partial charge in [0.1, 0.15) is 0 Å². The van der Waals surface area contributed by atoms with Crippen molar-refractivity contribution in [3.8, 4) is 0 Å². The number of benzene rings is 1. The third-order valence-electron chi connectivity index (χ3n) is 2.40. The number of carboxylic acid groups (broad SMARTS) is 1. The van der Waals surface area contributed by atoms with E-state index >= 15 is 0 Å². The Morgan fingerprint density at radius 2 is 2.10 bits per heavy atom. The molecule has 0 radical (unpaired) electrons. The second kappa shape index (κ2) is 7.86. The number of amides is 2. The summed E-state index contributed by atoms with van der Waals surface area (Å²) in [4.78, 5) is 22.4. The molecule has 3 N–H and O–H groups in total. The Bertz CT molecular complexity index is 536. The number of nitrogens with one attached hydrogen (secondary N) is 2. The van der Waals surface area contributed by atoms with Crippen molar-refractivity contribution in [2.24, 2.45) is 0 Å². The molecule has 1 rings (SSSR count). The number of urea groups is 1. The molecule has 1 unspecified atom stereocenters. The maximum Gasteiger partial charge on any atom is 0.335 e. The van der Waals surface area contributed by atoms with Gasteiger partial charge >= 0.3 is 12.0 Å². The maximum atomic E-state index is 11.6. The number of carbonyl (C=O) groups is 2. The Labute approximate surface area is 124 Å². The third-order valence-corrected chi connectivity index (χ3v) is 4.03. The minimum absolute atomic E-state index is 0.0248. The summed E-state index contributed by atoms with van der Waals surface area (Å²) in [6.07, 6.45) is 0. The Hall–Kier alpha value is -1.60. The highest BCUT2D eigenvalue weighted by Gasteiger charge is 2.10. The number of halogens is 1. The Morgan fingerprint density at radius 3 is 2.70 bits per heavy atom. The summed E-state index contributed by atoms with van der Waals surface area (Å²) in [6, 6.07) is 3.49. The number of carboxylic acids is 1. The third kappa shape index (κ3) is 5.18. The van der Waals surface area contributed by atoms with Crippen LogP contribution in [0.2, 0.25) is 5.02 Å². The number of aromatic carboxylic acids is 1. The van der Waals surface area contributed by atoms with Crippen LogP contribution in [0.4, 0.5) is 10.5 Å². The fraction of sp³-hybridized carbons (Fsp3) is 0.333. The fourth-order valence-electron chi connectivity index (χ4n) is 1.34. The van der Waals surface area contributed by atoms with Crippen molar-refractivity contribution in [2.45, 2.75) is 6.92 Å². The van der Waals surface area contributed by atoms with E-state index in [1.54, 1.807) is 6.92 Å². The van der Waals surface area contributed by atoms with Gasteiger partial charge in [-0.2, -0.15) is 0 Å². The van der Waals surface area contributed by atoms with E-state index in [4.69, 9.17) is 16.7 Å². The molecule has 2 amide bonds. The van der Waals surface area contributed by atoms with Gasteiger partial charge in [-0.3, -0.25) is 4.21 Å². The zero-order valence-electron chi connectivity index (χ0n) is 10.8. The van der Waals surface area contributed by atoms with E-state index in [0.717, 1.165) is 0 Å². The predicted octanol–water partition coefficient (Wildman–Crippen LogP) is 1.93. The Morgan fingerprint density at radius 1 is 1.40 bits per heavy atom. The number of hydrogen-bond acceptors (Lipinski definition) is 3. The molecule has 0 aliphatic rings. The van der Waals surface area contributed by atoms with Crippen molar-refractivity contribution in [1.29, 1.82) is 0 Å². The van der Waals surface area contributed by atoms with Crippen LogP contribution in [0.1, 0.15) is 17.3 Å². The van der Waals surface area contributed by atoms with E-state index in [2.05, 4.69) is 10.6 Å². The minimum Gasteiger partial charge on any atom is -0.478 e. The lowest BCUT2D eigenvalue weighted by Gasteiger charge is -2.09. The lowest BCUT2D eigenvalue weighted by Crippen LogP contribution is -2.32. The first kappa shape index (κ1) is 16.5. The van der Waals surface area contributed by atoms with Crippen LogP contribution in [0.15, 0.2) is 18.2 Å². The van der Waals surface area contributed by atoms with Crippen molar-refractivity contribution >= 4 is 40.1 Å². The second-order valence-electron chi connectivity index (χ2n) is 3.81. The number of anilines is 1. The molecule has 0 aromatic heterocycles. The summed E-state index contributed by atoms with van der Waals surface area (Å²) in [5, 5.41) is 14.1. The summed E-state index contributed by atoms with van der Waals surface area (Å²) in [5.41, 5.74) is 0.234. The fourth-order valence-corrected chi connectivity index (χ4v) is 2.13. The Kier molecular flexibility index (Phi) is 6.47. The van der Waals surface area contributed by atoms with Crippen LogP contribution >= 0.6 is 11.6 Å². The molecule has 1 aromatic carbocycles. The molecule has 0 fully saturated rings. The second-order valence-corrected chi connectivity index (χ2v) is 6.09. The van der Waals surface area contributed by atoms with E-state index in [0.29, 0.717) is 11.5 Å². The maximum absolute atomic E-state index is 11.6. The van der Waals surface area contributed by atoms with Crippen LogP contribution in [0, 0.1) is 0 Å². The molecule has 6 nitrogen and oxygen atoms in total. The number of carbonyl (C=O) groups excluding carboxylic acids is 1. The number of rotatable bonds is 6.